The molecule has 2 aromatic heterocycles. The van der Waals surface area contributed by atoms with Gasteiger partial charge in [-0.1, -0.05) is 17.3 Å². The van der Waals surface area contributed by atoms with Crippen LogP contribution in [0.5, 0.6) is 5.75 Å². The monoisotopic (exact) mass is 390 g/mol. The number of ether oxygens (including phenoxy) is 1. The van der Waals surface area contributed by atoms with Crippen molar-refractivity contribution < 1.29 is 14.1 Å². The summed E-state index contributed by atoms with van der Waals surface area (Å²) in [4.78, 5) is 20.1. The molecule has 0 atom stereocenters. The van der Waals surface area contributed by atoms with Crippen LogP contribution in [0.3, 0.4) is 0 Å². The molecule has 2 N–H and O–H groups in total. The van der Waals surface area contributed by atoms with E-state index >= 15 is 0 Å². The standard InChI is InChI=1S/C22H22N4O3/c1-14-18(15(2)29-26-14)13-28-17-9-7-16(8-10-17)22(27)23-12-11-21-24-19-5-3-4-6-20(19)25-21/h3-10H,11-13H2,1-2H3,(H,23,27)(H,24,25). The average molecular weight is 390 g/mol. The van der Waals surface area contributed by atoms with Gasteiger partial charge in [0, 0.05) is 18.5 Å². The second-order valence-corrected chi connectivity index (χ2v) is 6.82. The summed E-state index contributed by atoms with van der Waals surface area (Å²) in [6.45, 7) is 4.62. The maximum atomic E-state index is 12.3. The number of imidazole rings is 1. The van der Waals surface area contributed by atoms with E-state index in [0.717, 1.165) is 33.9 Å². The number of H-pyrrole nitrogens is 1. The molecule has 0 unspecified atom stereocenters. The number of fused-ring (bicyclic) bond motifs is 1. The van der Waals surface area contributed by atoms with Gasteiger partial charge in [0.25, 0.3) is 5.91 Å². The number of carbonyl (C=O) groups is 1. The fraction of sp³-hybridized carbons (Fsp3) is 0.227. The number of aromatic nitrogens is 3. The maximum absolute atomic E-state index is 12.3. The maximum Gasteiger partial charge on any atom is 0.251 e. The van der Waals surface area contributed by atoms with Gasteiger partial charge in [-0.05, 0) is 50.2 Å². The molecular formula is C22H22N4O3. The van der Waals surface area contributed by atoms with Gasteiger partial charge in [-0.25, -0.2) is 4.98 Å². The molecule has 7 heteroatoms. The van der Waals surface area contributed by atoms with Crippen LogP contribution in [0.15, 0.2) is 53.1 Å². The smallest absolute Gasteiger partial charge is 0.251 e. The van der Waals surface area contributed by atoms with Gasteiger partial charge in [0.05, 0.1) is 22.3 Å². The first-order valence-electron chi connectivity index (χ1n) is 9.46. The zero-order valence-electron chi connectivity index (χ0n) is 16.4. The van der Waals surface area contributed by atoms with Gasteiger partial charge in [0.2, 0.25) is 0 Å². The molecule has 0 radical (unpaired) electrons. The molecule has 0 saturated carbocycles. The number of aryl methyl sites for hydroxylation is 2. The summed E-state index contributed by atoms with van der Waals surface area (Å²) >= 11 is 0. The predicted molar refractivity (Wildman–Crippen MR) is 109 cm³/mol. The van der Waals surface area contributed by atoms with E-state index in [1.165, 1.54) is 0 Å². The lowest BCUT2D eigenvalue weighted by atomic mass is 10.2. The van der Waals surface area contributed by atoms with Crippen molar-refractivity contribution >= 4 is 16.9 Å². The van der Waals surface area contributed by atoms with E-state index in [2.05, 4.69) is 20.4 Å². The lowest BCUT2D eigenvalue weighted by molar-refractivity contribution is 0.0954. The average Bonchev–Trinajstić information content (AvgIpc) is 3.29. The van der Waals surface area contributed by atoms with Crippen molar-refractivity contribution in [3.8, 4) is 5.75 Å². The Kier molecular flexibility index (Phi) is 5.29. The van der Waals surface area contributed by atoms with E-state index in [-0.39, 0.29) is 5.91 Å². The summed E-state index contributed by atoms with van der Waals surface area (Å²) in [7, 11) is 0. The molecule has 0 bridgehead atoms. The number of nitrogens with one attached hydrogen (secondary N) is 2. The van der Waals surface area contributed by atoms with Crippen molar-refractivity contribution in [1.82, 2.24) is 20.4 Å². The number of benzene rings is 2. The van der Waals surface area contributed by atoms with Gasteiger partial charge >= 0.3 is 0 Å². The Labute approximate surface area is 168 Å². The Morgan fingerprint density at radius 3 is 2.66 bits per heavy atom. The zero-order chi connectivity index (χ0) is 20.2. The Morgan fingerprint density at radius 1 is 1.14 bits per heavy atom. The number of aromatic amines is 1. The summed E-state index contributed by atoms with van der Waals surface area (Å²) in [6.07, 6.45) is 0.638. The number of amides is 1. The van der Waals surface area contributed by atoms with E-state index in [1.54, 1.807) is 24.3 Å². The van der Waals surface area contributed by atoms with E-state index in [9.17, 15) is 4.79 Å². The quantitative estimate of drug-likeness (QED) is 0.502. The predicted octanol–water partition coefficient (Wildman–Crippen LogP) is 3.72. The molecule has 1 amide bonds. The number of hydrogen-bond donors (Lipinski definition) is 2. The number of nitrogens with zero attached hydrogens (tertiary/aromatic N) is 2. The topological polar surface area (TPSA) is 93.0 Å². The van der Waals surface area contributed by atoms with Gasteiger partial charge < -0.3 is 19.6 Å². The molecule has 0 aliphatic heterocycles. The highest BCUT2D eigenvalue weighted by molar-refractivity contribution is 5.94. The van der Waals surface area contributed by atoms with Crippen molar-refractivity contribution in [3.05, 3.63) is 76.9 Å². The number of hydrogen-bond acceptors (Lipinski definition) is 5. The lowest BCUT2D eigenvalue weighted by Crippen LogP contribution is -2.25. The van der Waals surface area contributed by atoms with Crippen molar-refractivity contribution in [3.63, 3.8) is 0 Å². The Morgan fingerprint density at radius 2 is 1.93 bits per heavy atom. The first-order valence-corrected chi connectivity index (χ1v) is 9.46. The van der Waals surface area contributed by atoms with Gasteiger partial charge in [-0.2, -0.15) is 0 Å². The van der Waals surface area contributed by atoms with E-state index in [4.69, 9.17) is 9.26 Å². The summed E-state index contributed by atoms with van der Waals surface area (Å²) < 4.78 is 10.9. The van der Waals surface area contributed by atoms with Crippen molar-refractivity contribution in [2.45, 2.75) is 26.9 Å². The normalized spacial score (nSPS) is 11.0. The fourth-order valence-corrected chi connectivity index (χ4v) is 3.09. The number of rotatable bonds is 7. The molecule has 4 aromatic rings. The first-order chi connectivity index (χ1) is 14.1. The molecule has 0 aliphatic carbocycles. The largest absolute Gasteiger partial charge is 0.489 e. The lowest BCUT2D eigenvalue weighted by Gasteiger charge is -2.08. The van der Waals surface area contributed by atoms with Crippen LogP contribution in [0.2, 0.25) is 0 Å². The van der Waals surface area contributed by atoms with E-state index < -0.39 is 0 Å². The van der Waals surface area contributed by atoms with Crippen LogP contribution in [0.1, 0.15) is 33.2 Å². The van der Waals surface area contributed by atoms with Gasteiger partial charge in [-0.15, -0.1) is 0 Å². The highest BCUT2D eigenvalue weighted by atomic mass is 16.5. The van der Waals surface area contributed by atoms with Gasteiger partial charge in [0.15, 0.2) is 0 Å². The van der Waals surface area contributed by atoms with Crippen LogP contribution in [0, 0.1) is 13.8 Å². The minimum Gasteiger partial charge on any atom is -0.489 e. The SMILES string of the molecule is Cc1noc(C)c1COc1ccc(C(=O)NCCc2nc3ccccc3[nH]2)cc1. The molecule has 2 heterocycles. The molecular weight excluding hydrogens is 368 g/mol. The van der Waals surface area contributed by atoms with E-state index in [1.807, 2.05) is 38.1 Å². The Hall–Kier alpha value is -3.61. The molecule has 0 saturated heterocycles. The molecule has 148 valence electrons. The summed E-state index contributed by atoms with van der Waals surface area (Å²) in [5.41, 5.74) is 4.28. The zero-order valence-corrected chi connectivity index (χ0v) is 16.4. The summed E-state index contributed by atoms with van der Waals surface area (Å²) in [6, 6.07) is 14.9. The molecule has 0 aliphatic rings. The number of carbonyl (C=O) groups excluding carboxylic acids is 1. The Balaban J connectivity index is 1.28. The van der Waals surface area contributed by atoms with Crippen molar-refractivity contribution in [1.29, 1.82) is 0 Å². The molecule has 29 heavy (non-hydrogen) atoms. The van der Waals surface area contributed by atoms with Crippen LogP contribution >= 0.6 is 0 Å². The third-order valence-electron chi connectivity index (χ3n) is 4.77. The van der Waals surface area contributed by atoms with Crippen LogP contribution in [-0.2, 0) is 13.0 Å². The van der Waals surface area contributed by atoms with Crippen molar-refractivity contribution in [2.75, 3.05) is 6.54 Å². The Bertz CT molecular complexity index is 1080. The summed E-state index contributed by atoms with van der Waals surface area (Å²) in [5.74, 6) is 2.17. The molecule has 7 nitrogen and oxygen atoms in total. The minimum absolute atomic E-state index is 0.126. The molecule has 0 spiro atoms. The van der Waals surface area contributed by atoms with Gasteiger partial charge in [0.1, 0.15) is 23.9 Å². The molecule has 4 rings (SSSR count). The van der Waals surface area contributed by atoms with Crippen LogP contribution in [-0.4, -0.2) is 27.6 Å². The third kappa shape index (κ3) is 4.29. The van der Waals surface area contributed by atoms with Crippen LogP contribution < -0.4 is 10.1 Å². The fourth-order valence-electron chi connectivity index (χ4n) is 3.09. The summed E-state index contributed by atoms with van der Waals surface area (Å²) in [5, 5.41) is 6.83. The first kappa shape index (κ1) is 18.7. The van der Waals surface area contributed by atoms with E-state index in [0.29, 0.717) is 30.9 Å². The van der Waals surface area contributed by atoms with Crippen LogP contribution in [0.25, 0.3) is 11.0 Å². The highest BCUT2D eigenvalue weighted by Crippen LogP contribution is 2.18. The molecule has 2 aromatic carbocycles. The second-order valence-electron chi connectivity index (χ2n) is 6.82. The van der Waals surface area contributed by atoms with Crippen LogP contribution in [0.4, 0.5) is 0 Å². The van der Waals surface area contributed by atoms with Crippen molar-refractivity contribution in [2.24, 2.45) is 0 Å². The number of para-hydroxylation sites is 2. The van der Waals surface area contributed by atoms with Gasteiger partial charge in [-0.3, -0.25) is 4.79 Å². The minimum atomic E-state index is -0.126. The second kappa shape index (κ2) is 8.18. The molecule has 0 fully saturated rings. The highest BCUT2D eigenvalue weighted by Gasteiger charge is 2.10. The third-order valence-corrected chi connectivity index (χ3v) is 4.77.